The van der Waals surface area contributed by atoms with Crippen LogP contribution in [0.3, 0.4) is 0 Å². The highest BCUT2D eigenvalue weighted by Gasteiger charge is 2.12. The van der Waals surface area contributed by atoms with Crippen molar-refractivity contribution in [1.82, 2.24) is 15.0 Å². The average Bonchev–Trinajstić information content (AvgIpc) is 2.72. The minimum absolute atomic E-state index is 0.238. The molecule has 0 radical (unpaired) electrons. The second kappa shape index (κ2) is 8.72. The summed E-state index contributed by atoms with van der Waals surface area (Å²) in [7, 11) is 1.32. The van der Waals surface area contributed by atoms with Gasteiger partial charge in [0.15, 0.2) is 0 Å². The van der Waals surface area contributed by atoms with Crippen molar-refractivity contribution in [1.29, 1.82) is 0 Å². The molecule has 8 heteroatoms. The first-order valence-electron chi connectivity index (χ1n) is 8.53. The van der Waals surface area contributed by atoms with E-state index in [0.29, 0.717) is 29.4 Å². The van der Waals surface area contributed by atoms with Crippen molar-refractivity contribution in [3.8, 4) is 0 Å². The van der Waals surface area contributed by atoms with Crippen molar-refractivity contribution in [3.05, 3.63) is 77.4 Å². The van der Waals surface area contributed by atoms with E-state index in [0.717, 1.165) is 5.56 Å². The Morgan fingerprint density at radius 1 is 1.04 bits per heavy atom. The standard InChI is InChI=1S/C20H19N5O3/c1-13-11-17(25-20(23-13)22-12-14-7-9-21-10-8-14)18(26)24-16-5-3-15(4-6-16)19(27)28-2/h3-11H,12H2,1-2H3,(H,24,26)(H,22,23,25). The molecule has 142 valence electrons. The van der Waals surface area contributed by atoms with E-state index in [9.17, 15) is 9.59 Å². The number of aryl methyl sites for hydroxylation is 1. The molecule has 0 saturated heterocycles. The van der Waals surface area contributed by atoms with Gasteiger partial charge in [0.2, 0.25) is 5.95 Å². The number of ether oxygens (including phenoxy) is 1. The molecule has 2 heterocycles. The number of nitrogens with zero attached hydrogens (tertiary/aromatic N) is 3. The molecule has 28 heavy (non-hydrogen) atoms. The fraction of sp³-hybridized carbons (Fsp3) is 0.150. The van der Waals surface area contributed by atoms with E-state index in [-0.39, 0.29) is 11.6 Å². The third-order valence-electron chi connectivity index (χ3n) is 3.85. The second-order valence-corrected chi connectivity index (χ2v) is 5.95. The quantitative estimate of drug-likeness (QED) is 0.636. The number of benzene rings is 1. The molecule has 0 aliphatic heterocycles. The summed E-state index contributed by atoms with van der Waals surface area (Å²) in [6, 6.07) is 11.8. The molecule has 0 aliphatic rings. The van der Waals surface area contributed by atoms with Gasteiger partial charge in [-0.1, -0.05) is 0 Å². The highest BCUT2D eigenvalue weighted by atomic mass is 16.5. The number of pyridine rings is 1. The third-order valence-corrected chi connectivity index (χ3v) is 3.85. The van der Waals surface area contributed by atoms with E-state index in [1.165, 1.54) is 7.11 Å². The van der Waals surface area contributed by atoms with Crippen molar-refractivity contribution in [3.63, 3.8) is 0 Å². The molecule has 1 aromatic carbocycles. The fourth-order valence-electron chi connectivity index (χ4n) is 2.45. The fourth-order valence-corrected chi connectivity index (χ4v) is 2.45. The summed E-state index contributed by atoms with van der Waals surface area (Å²) in [6.07, 6.45) is 3.41. The molecule has 0 atom stereocenters. The van der Waals surface area contributed by atoms with Gasteiger partial charge < -0.3 is 15.4 Å². The molecule has 1 amide bonds. The van der Waals surface area contributed by atoms with Gasteiger partial charge in [-0.25, -0.2) is 14.8 Å². The van der Waals surface area contributed by atoms with Crippen LogP contribution in [0.2, 0.25) is 0 Å². The van der Waals surface area contributed by atoms with Gasteiger partial charge in [0.25, 0.3) is 5.91 Å². The highest BCUT2D eigenvalue weighted by molar-refractivity contribution is 6.03. The molecule has 8 nitrogen and oxygen atoms in total. The van der Waals surface area contributed by atoms with Gasteiger partial charge in [0.1, 0.15) is 5.69 Å². The first-order valence-corrected chi connectivity index (χ1v) is 8.53. The van der Waals surface area contributed by atoms with Gasteiger partial charge in [0.05, 0.1) is 12.7 Å². The number of carbonyl (C=O) groups excluding carboxylic acids is 2. The van der Waals surface area contributed by atoms with E-state index < -0.39 is 5.97 Å². The zero-order chi connectivity index (χ0) is 19.9. The van der Waals surface area contributed by atoms with Crippen molar-refractivity contribution in [2.75, 3.05) is 17.7 Å². The molecule has 0 aliphatic carbocycles. The van der Waals surface area contributed by atoms with Crippen LogP contribution in [0.15, 0.2) is 54.9 Å². The number of amides is 1. The number of aromatic nitrogens is 3. The zero-order valence-corrected chi connectivity index (χ0v) is 15.5. The molecule has 0 spiro atoms. The first-order chi connectivity index (χ1) is 13.5. The Morgan fingerprint density at radius 2 is 1.75 bits per heavy atom. The van der Waals surface area contributed by atoms with Crippen molar-refractivity contribution in [2.45, 2.75) is 13.5 Å². The van der Waals surface area contributed by atoms with Gasteiger partial charge in [-0.05, 0) is 55.0 Å². The number of carbonyl (C=O) groups is 2. The smallest absolute Gasteiger partial charge is 0.337 e. The number of anilines is 2. The minimum Gasteiger partial charge on any atom is -0.465 e. The number of hydrogen-bond donors (Lipinski definition) is 2. The van der Waals surface area contributed by atoms with E-state index in [4.69, 9.17) is 0 Å². The number of esters is 1. The lowest BCUT2D eigenvalue weighted by molar-refractivity contribution is 0.0600. The number of nitrogens with one attached hydrogen (secondary N) is 2. The molecule has 3 rings (SSSR count). The van der Waals surface area contributed by atoms with E-state index in [1.807, 2.05) is 12.1 Å². The SMILES string of the molecule is COC(=O)c1ccc(NC(=O)c2cc(C)nc(NCc3ccncc3)n2)cc1. The van der Waals surface area contributed by atoms with Crippen molar-refractivity contribution >= 4 is 23.5 Å². The Bertz CT molecular complexity index is 975. The summed E-state index contributed by atoms with van der Waals surface area (Å²) < 4.78 is 4.65. The van der Waals surface area contributed by atoms with Crippen LogP contribution in [0.5, 0.6) is 0 Å². The number of hydrogen-bond acceptors (Lipinski definition) is 7. The van der Waals surface area contributed by atoms with Crippen LogP contribution in [-0.4, -0.2) is 33.9 Å². The molecule has 3 aromatic rings. The third kappa shape index (κ3) is 4.88. The van der Waals surface area contributed by atoms with Crippen LogP contribution in [0.1, 0.15) is 32.1 Å². The second-order valence-electron chi connectivity index (χ2n) is 5.95. The largest absolute Gasteiger partial charge is 0.465 e. The molecule has 2 aromatic heterocycles. The van der Waals surface area contributed by atoms with Gasteiger partial charge in [-0.2, -0.15) is 0 Å². The van der Waals surface area contributed by atoms with Crippen LogP contribution in [0.4, 0.5) is 11.6 Å². The summed E-state index contributed by atoms with van der Waals surface area (Å²) in [6.45, 7) is 2.31. The number of rotatable bonds is 6. The minimum atomic E-state index is -0.436. The maximum atomic E-state index is 12.5. The summed E-state index contributed by atoms with van der Waals surface area (Å²) in [5.41, 5.74) is 2.87. The maximum Gasteiger partial charge on any atom is 0.337 e. The van der Waals surface area contributed by atoms with Crippen LogP contribution >= 0.6 is 0 Å². The van der Waals surface area contributed by atoms with Crippen LogP contribution in [-0.2, 0) is 11.3 Å². The summed E-state index contributed by atoms with van der Waals surface area (Å²) >= 11 is 0. The summed E-state index contributed by atoms with van der Waals surface area (Å²) in [4.78, 5) is 36.6. The zero-order valence-electron chi connectivity index (χ0n) is 15.5. The topological polar surface area (TPSA) is 106 Å². The monoisotopic (exact) mass is 377 g/mol. The average molecular weight is 377 g/mol. The Labute approximate surface area is 162 Å². The van der Waals surface area contributed by atoms with Gasteiger partial charge in [-0.3, -0.25) is 9.78 Å². The highest BCUT2D eigenvalue weighted by Crippen LogP contribution is 2.13. The van der Waals surface area contributed by atoms with Gasteiger partial charge in [-0.15, -0.1) is 0 Å². The summed E-state index contributed by atoms with van der Waals surface area (Å²) in [5, 5.41) is 5.86. The van der Waals surface area contributed by atoms with Crippen LogP contribution in [0, 0.1) is 6.92 Å². The lowest BCUT2D eigenvalue weighted by Crippen LogP contribution is -2.16. The molecule has 2 N–H and O–H groups in total. The Hall–Kier alpha value is -3.81. The Morgan fingerprint density at radius 3 is 2.43 bits per heavy atom. The van der Waals surface area contributed by atoms with Crippen molar-refractivity contribution in [2.24, 2.45) is 0 Å². The molecular formula is C20H19N5O3. The van der Waals surface area contributed by atoms with Gasteiger partial charge >= 0.3 is 5.97 Å². The molecule has 0 fully saturated rings. The summed E-state index contributed by atoms with van der Waals surface area (Å²) in [5.74, 6) is -0.444. The van der Waals surface area contributed by atoms with E-state index in [2.05, 4.69) is 30.3 Å². The van der Waals surface area contributed by atoms with E-state index >= 15 is 0 Å². The molecule has 0 unspecified atom stereocenters. The van der Waals surface area contributed by atoms with Crippen molar-refractivity contribution < 1.29 is 14.3 Å². The lowest BCUT2D eigenvalue weighted by Gasteiger charge is -2.09. The van der Waals surface area contributed by atoms with Crippen LogP contribution < -0.4 is 10.6 Å². The predicted octanol–water partition coefficient (Wildman–Crippen LogP) is 2.83. The predicted molar refractivity (Wildman–Crippen MR) is 104 cm³/mol. The number of methoxy groups -OCH3 is 1. The Kier molecular flexibility index (Phi) is 5.91. The van der Waals surface area contributed by atoms with Crippen LogP contribution in [0.25, 0.3) is 0 Å². The maximum absolute atomic E-state index is 12.5. The Balaban J connectivity index is 1.69. The first kappa shape index (κ1) is 19.0. The van der Waals surface area contributed by atoms with Gasteiger partial charge in [0, 0.05) is 30.3 Å². The normalized spacial score (nSPS) is 10.2. The molecule has 0 saturated carbocycles. The lowest BCUT2D eigenvalue weighted by atomic mass is 10.2. The molecule has 0 bridgehead atoms. The molecular weight excluding hydrogens is 358 g/mol. The van der Waals surface area contributed by atoms with E-state index in [1.54, 1.807) is 49.6 Å².